The minimum atomic E-state index is -3.10. The summed E-state index contributed by atoms with van der Waals surface area (Å²) in [5.74, 6) is -0.316. The number of hydrogen-bond acceptors (Lipinski definition) is 5. The van der Waals surface area contributed by atoms with E-state index >= 15 is 0 Å². The fourth-order valence-electron chi connectivity index (χ4n) is 4.21. The molecule has 1 N–H and O–H groups in total. The Hall–Kier alpha value is -3.69. The van der Waals surface area contributed by atoms with Crippen LogP contribution in [0.25, 0.3) is 16.9 Å². The van der Waals surface area contributed by atoms with Crippen molar-refractivity contribution in [1.82, 2.24) is 19.6 Å². The second kappa shape index (κ2) is 8.58. The first kappa shape index (κ1) is 22.1. The van der Waals surface area contributed by atoms with Gasteiger partial charge >= 0.3 is 6.61 Å². The molecule has 0 unspecified atom stereocenters. The van der Waals surface area contributed by atoms with Crippen LogP contribution in [0.15, 0.2) is 36.7 Å². The topological polar surface area (TPSA) is 85.2 Å². The summed E-state index contributed by atoms with van der Waals surface area (Å²) in [6, 6.07) is 6.99. The van der Waals surface area contributed by atoms with Crippen LogP contribution in [0, 0.1) is 0 Å². The average molecular weight is 470 g/mol. The predicted octanol–water partition coefficient (Wildman–Crippen LogP) is 3.45. The van der Waals surface area contributed by atoms with Gasteiger partial charge in [-0.3, -0.25) is 14.0 Å². The van der Waals surface area contributed by atoms with Crippen LogP contribution in [-0.2, 0) is 4.79 Å². The lowest BCUT2D eigenvalue weighted by Crippen LogP contribution is -2.47. The Kier molecular flexibility index (Phi) is 5.59. The first-order valence-electron chi connectivity index (χ1n) is 11.0. The van der Waals surface area contributed by atoms with Crippen molar-refractivity contribution in [2.75, 3.05) is 20.2 Å². The molecule has 2 fully saturated rings. The molecule has 1 aromatic carbocycles. The highest BCUT2D eigenvalue weighted by Crippen LogP contribution is 2.37. The molecule has 1 aliphatic carbocycles. The van der Waals surface area contributed by atoms with E-state index in [0.717, 1.165) is 18.4 Å². The molecule has 178 valence electrons. The number of likely N-dealkylation sites (tertiary alicyclic amines) is 1. The van der Waals surface area contributed by atoms with Crippen molar-refractivity contribution in [2.45, 2.75) is 38.3 Å². The molecular formula is C24H24F2N4O4. The summed E-state index contributed by atoms with van der Waals surface area (Å²) in [7, 11) is 1.38. The van der Waals surface area contributed by atoms with E-state index in [1.807, 2.05) is 22.7 Å². The van der Waals surface area contributed by atoms with Crippen LogP contribution in [0.2, 0.25) is 0 Å². The van der Waals surface area contributed by atoms with Gasteiger partial charge in [-0.2, -0.15) is 8.78 Å². The van der Waals surface area contributed by atoms with Gasteiger partial charge < -0.3 is 19.7 Å². The van der Waals surface area contributed by atoms with E-state index in [1.165, 1.54) is 13.2 Å². The number of fused-ring (bicyclic) bond motifs is 1. The molecule has 1 saturated carbocycles. The van der Waals surface area contributed by atoms with Gasteiger partial charge in [0.15, 0.2) is 0 Å². The van der Waals surface area contributed by atoms with Gasteiger partial charge in [0.25, 0.3) is 5.91 Å². The third-order valence-corrected chi connectivity index (χ3v) is 6.27. The van der Waals surface area contributed by atoms with E-state index in [-0.39, 0.29) is 34.9 Å². The highest BCUT2D eigenvalue weighted by molar-refractivity contribution is 6.01. The van der Waals surface area contributed by atoms with Crippen LogP contribution < -0.4 is 14.8 Å². The number of hydrogen-bond donors (Lipinski definition) is 1. The van der Waals surface area contributed by atoms with Crippen LogP contribution in [-0.4, -0.2) is 59.0 Å². The molecule has 3 aromatic rings. The average Bonchev–Trinajstić information content (AvgIpc) is 3.46. The number of carbonyl (C=O) groups excluding carboxylic acids is 2. The standard InChI is InChI=1S/C24H24F2N4O4/c1-13(31)29-11-16(12-29)14-5-6-30-18(10-27-21(30)9-14)15-7-19(33-2)22(20(8-15)34-24(25)26)23(32)28-17-3-4-17/h5-10,16-17,24H,3-4,11-12H2,1-2H3,(H,28,32). The minimum absolute atomic E-state index is 0.0439. The Labute approximate surface area is 194 Å². The molecule has 2 amide bonds. The Morgan fingerprint density at radius 1 is 1.18 bits per heavy atom. The highest BCUT2D eigenvalue weighted by atomic mass is 19.3. The summed E-state index contributed by atoms with van der Waals surface area (Å²) < 4.78 is 38.4. The predicted molar refractivity (Wildman–Crippen MR) is 119 cm³/mol. The SMILES string of the molecule is COc1cc(-c2cnc3cc(C4CN(C(C)=O)C4)ccn23)cc(OC(F)F)c1C(=O)NC1CC1. The van der Waals surface area contributed by atoms with Crippen molar-refractivity contribution < 1.29 is 27.8 Å². The van der Waals surface area contributed by atoms with Gasteiger partial charge in [-0.05, 0) is 42.7 Å². The Bertz CT molecular complexity index is 1270. The number of ether oxygens (including phenoxy) is 2. The number of halogens is 2. The van der Waals surface area contributed by atoms with Gasteiger partial charge in [0.2, 0.25) is 5.91 Å². The van der Waals surface area contributed by atoms with Crippen LogP contribution in [0.1, 0.15) is 41.6 Å². The number of benzene rings is 1. The quantitative estimate of drug-likeness (QED) is 0.572. The molecular weight excluding hydrogens is 446 g/mol. The second-order valence-corrected chi connectivity index (χ2v) is 8.63. The van der Waals surface area contributed by atoms with Gasteiger partial charge in [0.1, 0.15) is 22.7 Å². The van der Waals surface area contributed by atoms with Gasteiger partial charge in [-0.1, -0.05) is 0 Å². The molecule has 0 bridgehead atoms. The number of amides is 2. The molecule has 0 spiro atoms. The zero-order valence-corrected chi connectivity index (χ0v) is 18.8. The maximum absolute atomic E-state index is 13.2. The Balaban J connectivity index is 1.50. The zero-order chi connectivity index (χ0) is 24.0. The Morgan fingerprint density at radius 3 is 2.56 bits per heavy atom. The van der Waals surface area contributed by atoms with Crippen LogP contribution in [0.5, 0.6) is 11.5 Å². The molecule has 5 rings (SSSR count). The molecule has 0 radical (unpaired) electrons. The van der Waals surface area contributed by atoms with Crippen LogP contribution >= 0.6 is 0 Å². The summed E-state index contributed by atoms with van der Waals surface area (Å²) >= 11 is 0. The van der Waals surface area contributed by atoms with Gasteiger partial charge in [-0.25, -0.2) is 4.98 Å². The number of rotatable bonds is 7. The number of aromatic nitrogens is 2. The number of pyridine rings is 1. The van der Waals surface area contributed by atoms with Crippen LogP contribution in [0.4, 0.5) is 8.78 Å². The fraction of sp³-hybridized carbons (Fsp3) is 0.375. The second-order valence-electron chi connectivity index (χ2n) is 8.63. The molecule has 0 atom stereocenters. The first-order valence-corrected chi connectivity index (χ1v) is 11.0. The lowest BCUT2D eigenvalue weighted by Gasteiger charge is -2.38. The maximum Gasteiger partial charge on any atom is 0.387 e. The third kappa shape index (κ3) is 4.15. The van der Waals surface area contributed by atoms with Crippen LogP contribution in [0.3, 0.4) is 0 Å². The third-order valence-electron chi connectivity index (χ3n) is 6.27. The number of nitrogens with one attached hydrogen (secondary N) is 1. The van der Waals surface area contributed by atoms with Gasteiger partial charge in [-0.15, -0.1) is 0 Å². The summed E-state index contributed by atoms with van der Waals surface area (Å²) in [5.41, 5.74) is 2.84. The molecule has 1 aliphatic heterocycles. The smallest absolute Gasteiger partial charge is 0.387 e. The lowest BCUT2D eigenvalue weighted by atomic mass is 9.92. The number of nitrogens with zero attached hydrogens (tertiary/aromatic N) is 3. The molecule has 8 nitrogen and oxygen atoms in total. The Morgan fingerprint density at radius 2 is 1.91 bits per heavy atom. The van der Waals surface area contributed by atoms with Crippen molar-refractivity contribution >= 4 is 17.5 Å². The van der Waals surface area contributed by atoms with E-state index in [2.05, 4.69) is 10.3 Å². The monoisotopic (exact) mass is 470 g/mol. The van der Waals surface area contributed by atoms with E-state index < -0.39 is 12.5 Å². The van der Waals surface area contributed by atoms with Crippen molar-refractivity contribution in [1.29, 1.82) is 0 Å². The van der Waals surface area contributed by atoms with E-state index in [9.17, 15) is 18.4 Å². The normalized spacial score (nSPS) is 16.0. The lowest BCUT2D eigenvalue weighted by molar-refractivity contribution is -0.133. The van der Waals surface area contributed by atoms with Crippen molar-refractivity contribution in [3.8, 4) is 22.8 Å². The molecule has 34 heavy (non-hydrogen) atoms. The molecule has 3 heterocycles. The summed E-state index contributed by atoms with van der Waals surface area (Å²) in [5, 5.41) is 2.79. The van der Waals surface area contributed by atoms with Crippen molar-refractivity contribution in [2.24, 2.45) is 0 Å². The van der Waals surface area contributed by atoms with Crippen molar-refractivity contribution in [3.05, 3.63) is 47.8 Å². The van der Waals surface area contributed by atoms with Crippen molar-refractivity contribution in [3.63, 3.8) is 0 Å². The fourth-order valence-corrected chi connectivity index (χ4v) is 4.21. The zero-order valence-electron chi connectivity index (χ0n) is 18.8. The summed E-state index contributed by atoms with van der Waals surface area (Å²) in [6.07, 6.45) is 5.20. The van der Waals surface area contributed by atoms with Gasteiger partial charge in [0.05, 0.1) is 19.0 Å². The molecule has 10 heteroatoms. The first-order chi connectivity index (χ1) is 16.3. The molecule has 1 saturated heterocycles. The molecule has 2 aromatic heterocycles. The summed E-state index contributed by atoms with van der Waals surface area (Å²) in [6.45, 7) is -0.194. The number of imidazole rings is 1. The summed E-state index contributed by atoms with van der Waals surface area (Å²) in [4.78, 5) is 30.4. The number of carbonyl (C=O) groups is 2. The maximum atomic E-state index is 13.2. The van der Waals surface area contributed by atoms with E-state index in [4.69, 9.17) is 9.47 Å². The largest absolute Gasteiger partial charge is 0.496 e. The minimum Gasteiger partial charge on any atom is -0.496 e. The highest BCUT2D eigenvalue weighted by Gasteiger charge is 2.31. The van der Waals surface area contributed by atoms with E-state index in [1.54, 1.807) is 24.1 Å². The number of alkyl halides is 2. The van der Waals surface area contributed by atoms with Gasteiger partial charge in [0, 0.05) is 43.7 Å². The van der Waals surface area contributed by atoms with E-state index in [0.29, 0.717) is 30.0 Å². The molecule has 2 aliphatic rings. The number of methoxy groups -OCH3 is 1.